The first-order valence-corrected chi connectivity index (χ1v) is 12.2. The molecule has 0 saturated carbocycles. The quantitative estimate of drug-likeness (QED) is 0.733. The van der Waals surface area contributed by atoms with E-state index in [-0.39, 0.29) is 16.1 Å². The lowest BCUT2D eigenvalue weighted by molar-refractivity contribution is 0.0641. The van der Waals surface area contributed by atoms with Crippen LogP contribution in [0.15, 0.2) is 46.0 Å². The van der Waals surface area contributed by atoms with Gasteiger partial charge in [0.2, 0.25) is 0 Å². The number of carbonyl (C=O) groups is 2. The van der Waals surface area contributed by atoms with Crippen LogP contribution in [-0.2, 0) is 10.0 Å². The van der Waals surface area contributed by atoms with Gasteiger partial charge in [-0.2, -0.15) is 0 Å². The summed E-state index contributed by atoms with van der Waals surface area (Å²) in [5.74, 6) is -0.127. The molecule has 0 bridgehead atoms. The summed E-state index contributed by atoms with van der Waals surface area (Å²) < 4.78 is 27.3. The first-order valence-electron chi connectivity index (χ1n) is 9.85. The molecule has 0 radical (unpaired) electrons. The van der Waals surface area contributed by atoms with Crippen molar-refractivity contribution in [3.63, 3.8) is 0 Å². The van der Waals surface area contributed by atoms with E-state index < -0.39 is 10.0 Å². The molecule has 1 fully saturated rings. The number of hydrogen-bond donors (Lipinski definition) is 1. The number of piperazine rings is 1. The largest absolute Gasteiger partial charge is 0.335 e. The Hall–Kier alpha value is -2.59. The third kappa shape index (κ3) is 4.93. The molecule has 2 heterocycles. The SMILES string of the molecule is CCN(CC)C(=O)N1CCN(C(=O)c2ccc(NS(=O)(=O)c3cccs3)cc2)CC1. The van der Waals surface area contributed by atoms with E-state index >= 15 is 0 Å². The highest BCUT2D eigenvalue weighted by Crippen LogP contribution is 2.21. The fraction of sp³-hybridized carbons (Fsp3) is 0.400. The number of urea groups is 1. The standard InChI is InChI=1S/C20H26N4O4S2/c1-3-22(4-2)20(26)24-13-11-23(12-14-24)19(25)16-7-9-17(10-8-16)21-30(27,28)18-6-5-15-29-18/h5-10,15,21H,3-4,11-14H2,1-2H3. The van der Waals surface area contributed by atoms with Crippen molar-refractivity contribution in [2.24, 2.45) is 0 Å². The van der Waals surface area contributed by atoms with Gasteiger partial charge in [-0.1, -0.05) is 6.07 Å². The number of sulfonamides is 1. The Morgan fingerprint density at radius 1 is 1.00 bits per heavy atom. The second-order valence-electron chi connectivity index (χ2n) is 6.85. The van der Waals surface area contributed by atoms with E-state index in [9.17, 15) is 18.0 Å². The summed E-state index contributed by atoms with van der Waals surface area (Å²) in [4.78, 5) is 30.5. The summed E-state index contributed by atoms with van der Waals surface area (Å²) in [6.45, 7) is 7.17. The van der Waals surface area contributed by atoms with Crippen molar-refractivity contribution in [3.05, 3.63) is 47.3 Å². The number of nitrogens with zero attached hydrogens (tertiary/aromatic N) is 3. The molecule has 0 spiro atoms. The number of rotatable bonds is 6. The molecule has 8 nitrogen and oxygen atoms in total. The molecular formula is C20H26N4O4S2. The van der Waals surface area contributed by atoms with E-state index in [4.69, 9.17) is 0 Å². The van der Waals surface area contributed by atoms with Crippen molar-refractivity contribution >= 4 is 39.0 Å². The number of hydrogen-bond acceptors (Lipinski definition) is 5. The number of anilines is 1. The molecule has 0 unspecified atom stereocenters. The van der Waals surface area contributed by atoms with Gasteiger partial charge in [0.05, 0.1) is 0 Å². The second kappa shape index (κ2) is 9.48. The molecule has 1 aromatic heterocycles. The average molecular weight is 451 g/mol. The lowest BCUT2D eigenvalue weighted by atomic mass is 10.1. The van der Waals surface area contributed by atoms with Crippen molar-refractivity contribution < 1.29 is 18.0 Å². The van der Waals surface area contributed by atoms with Crippen LogP contribution in [0.5, 0.6) is 0 Å². The van der Waals surface area contributed by atoms with Gasteiger partial charge < -0.3 is 14.7 Å². The van der Waals surface area contributed by atoms with E-state index in [1.54, 1.807) is 50.4 Å². The Morgan fingerprint density at radius 2 is 1.60 bits per heavy atom. The van der Waals surface area contributed by atoms with Crippen LogP contribution in [-0.4, -0.2) is 74.3 Å². The third-order valence-corrected chi connectivity index (χ3v) is 7.79. The lowest BCUT2D eigenvalue weighted by Crippen LogP contribution is -2.54. The minimum absolute atomic E-state index is 0.00877. The Labute approximate surface area is 181 Å². The van der Waals surface area contributed by atoms with Crippen LogP contribution in [0.1, 0.15) is 24.2 Å². The van der Waals surface area contributed by atoms with Crippen molar-refractivity contribution in [1.29, 1.82) is 0 Å². The van der Waals surface area contributed by atoms with Crippen LogP contribution in [0.3, 0.4) is 0 Å². The summed E-state index contributed by atoms with van der Waals surface area (Å²) in [5.41, 5.74) is 0.882. The van der Waals surface area contributed by atoms with Gasteiger partial charge in [0.1, 0.15) is 4.21 Å². The van der Waals surface area contributed by atoms with Crippen LogP contribution in [0.2, 0.25) is 0 Å². The topological polar surface area (TPSA) is 90.0 Å². The molecule has 1 aliphatic heterocycles. The van der Waals surface area contributed by atoms with Gasteiger partial charge >= 0.3 is 6.03 Å². The molecule has 3 amide bonds. The highest BCUT2D eigenvalue weighted by molar-refractivity contribution is 7.94. The molecule has 10 heteroatoms. The maximum atomic E-state index is 12.8. The van der Waals surface area contributed by atoms with E-state index in [2.05, 4.69) is 4.72 Å². The van der Waals surface area contributed by atoms with E-state index in [1.807, 2.05) is 13.8 Å². The van der Waals surface area contributed by atoms with Gasteiger partial charge in [0.25, 0.3) is 15.9 Å². The smallest absolute Gasteiger partial charge is 0.320 e. The maximum Gasteiger partial charge on any atom is 0.320 e. The number of nitrogens with one attached hydrogen (secondary N) is 1. The van der Waals surface area contributed by atoms with Gasteiger partial charge in [-0.3, -0.25) is 9.52 Å². The fourth-order valence-corrected chi connectivity index (χ4v) is 5.33. The molecule has 1 saturated heterocycles. The molecule has 1 N–H and O–H groups in total. The van der Waals surface area contributed by atoms with Crippen molar-refractivity contribution in [2.75, 3.05) is 44.0 Å². The van der Waals surface area contributed by atoms with Gasteiger partial charge in [0.15, 0.2) is 0 Å². The first-order chi connectivity index (χ1) is 14.4. The summed E-state index contributed by atoms with van der Waals surface area (Å²) in [6.07, 6.45) is 0. The minimum atomic E-state index is -3.62. The van der Waals surface area contributed by atoms with Crippen LogP contribution in [0.25, 0.3) is 0 Å². The Kier molecular flexibility index (Phi) is 6.99. The molecule has 0 aliphatic carbocycles. The fourth-order valence-electron chi connectivity index (χ4n) is 3.28. The van der Waals surface area contributed by atoms with Crippen molar-refractivity contribution in [3.8, 4) is 0 Å². The second-order valence-corrected chi connectivity index (χ2v) is 9.71. The summed E-state index contributed by atoms with van der Waals surface area (Å²) >= 11 is 1.14. The Bertz CT molecular complexity index is 963. The molecule has 162 valence electrons. The van der Waals surface area contributed by atoms with Crippen LogP contribution >= 0.6 is 11.3 Å². The predicted octanol–water partition coefficient (Wildman–Crippen LogP) is 2.77. The van der Waals surface area contributed by atoms with Gasteiger partial charge in [-0.15, -0.1) is 11.3 Å². The molecule has 30 heavy (non-hydrogen) atoms. The van der Waals surface area contributed by atoms with E-state index in [0.29, 0.717) is 50.5 Å². The lowest BCUT2D eigenvalue weighted by Gasteiger charge is -2.37. The van der Waals surface area contributed by atoms with Gasteiger partial charge in [0, 0.05) is 50.5 Å². The van der Waals surface area contributed by atoms with Gasteiger partial charge in [-0.05, 0) is 49.6 Å². The Balaban J connectivity index is 1.58. The van der Waals surface area contributed by atoms with E-state index in [0.717, 1.165) is 11.3 Å². The molecular weight excluding hydrogens is 424 g/mol. The Morgan fingerprint density at radius 3 is 2.13 bits per heavy atom. The molecule has 1 aromatic carbocycles. The summed E-state index contributed by atoms with van der Waals surface area (Å²) in [6, 6.07) is 9.61. The zero-order chi connectivity index (χ0) is 21.7. The predicted molar refractivity (Wildman–Crippen MR) is 117 cm³/mol. The zero-order valence-corrected chi connectivity index (χ0v) is 18.7. The van der Waals surface area contributed by atoms with Crippen LogP contribution in [0, 0.1) is 0 Å². The normalized spacial score (nSPS) is 14.5. The van der Waals surface area contributed by atoms with Gasteiger partial charge in [-0.25, -0.2) is 13.2 Å². The first kappa shape index (κ1) is 22.1. The average Bonchev–Trinajstić information content (AvgIpc) is 3.30. The zero-order valence-electron chi connectivity index (χ0n) is 17.1. The maximum absolute atomic E-state index is 12.8. The number of thiophene rings is 1. The van der Waals surface area contributed by atoms with Crippen molar-refractivity contribution in [1.82, 2.24) is 14.7 Å². The number of carbonyl (C=O) groups excluding carboxylic acids is 2. The molecule has 0 atom stereocenters. The van der Waals surface area contributed by atoms with E-state index in [1.165, 1.54) is 6.07 Å². The van der Waals surface area contributed by atoms with Crippen LogP contribution < -0.4 is 4.72 Å². The number of benzene rings is 1. The molecule has 3 rings (SSSR count). The third-order valence-electron chi connectivity index (χ3n) is 5.02. The molecule has 1 aliphatic rings. The van der Waals surface area contributed by atoms with Crippen molar-refractivity contribution in [2.45, 2.75) is 18.1 Å². The minimum Gasteiger partial charge on any atom is -0.335 e. The summed E-state index contributed by atoms with van der Waals surface area (Å²) in [5, 5.41) is 1.70. The number of amides is 3. The van der Waals surface area contributed by atoms with Crippen LogP contribution in [0.4, 0.5) is 10.5 Å². The highest BCUT2D eigenvalue weighted by Gasteiger charge is 2.26. The molecule has 2 aromatic rings. The highest BCUT2D eigenvalue weighted by atomic mass is 32.2. The summed E-state index contributed by atoms with van der Waals surface area (Å²) in [7, 11) is -3.62. The monoisotopic (exact) mass is 450 g/mol.